The number of ketones is 2. The molecule has 1 aromatic carbocycles. The zero-order chi connectivity index (χ0) is 17.0. The molecule has 6 nitrogen and oxygen atoms in total. The average molecular weight is 314 g/mol. The molecular weight excluding hydrogens is 300 g/mol. The van der Waals surface area contributed by atoms with Crippen molar-refractivity contribution in [3.63, 3.8) is 0 Å². The van der Waals surface area contributed by atoms with E-state index in [4.69, 9.17) is 14.6 Å². The largest absolute Gasteiger partial charge is 0.502 e. The summed E-state index contributed by atoms with van der Waals surface area (Å²) in [4.78, 5) is 33.8. The molecule has 2 N–H and O–H groups in total. The van der Waals surface area contributed by atoms with E-state index in [1.54, 1.807) is 24.3 Å². The predicted molar refractivity (Wildman–Crippen MR) is 80.6 cm³/mol. The van der Waals surface area contributed by atoms with Gasteiger partial charge in [0, 0.05) is 23.6 Å². The van der Waals surface area contributed by atoms with E-state index in [1.165, 1.54) is 19.5 Å². The van der Waals surface area contributed by atoms with Crippen molar-refractivity contribution >= 4 is 17.5 Å². The Hall–Kier alpha value is -3.15. The third-order valence-electron chi connectivity index (χ3n) is 3.25. The van der Waals surface area contributed by atoms with Crippen LogP contribution in [0.4, 0.5) is 0 Å². The molecule has 1 heterocycles. The van der Waals surface area contributed by atoms with Gasteiger partial charge in [-0.2, -0.15) is 0 Å². The van der Waals surface area contributed by atoms with E-state index >= 15 is 0 Å². The fraction of sp³-hybridized carbons (Fsp3) is 0.118. The van der Waals surface area contributed by atoms with E-state index in [1.807, 2.05) is 0 Å². The van der Waals surface area contributed by atoms with Crippen molar-refractivity contribution in [1.82, 2.24) is 0 Å². The Bertz CT molecular complexity index is 780. The maximum absolute atomic E-state index is 12.0. The standard InChI is InChI=1S/C17H14O6/c1-10(18)12-4-2-11(3-5-12)6-13-8-23-9-14(13)15(19)7-16(20)17(21)22/h2-5,7-9,20H,6H2,1H3,(H,21,22). The first-order valence-electron chi connectivity index (χ1n) is 6.71. The number of benzene rings is 1. The quantitative estimate of drug-likeness (QED) is 0.482. The van der Waals surface area contributed by atoms with Crippen LogP contribution in [-0.4, -0.2) is 27.7 Å². The van der Waals surface area contributed by atoms with Gasteiger partial charge in [0.1, 0.15) is 6.26 Å². The summed E-state index contributed by atoms with van der Waals surface area (Å²) in [6.45, 7) is 1.48. The lowest BCUT2D eigenvalue weighted by molar-refractivity contribution is -0.135. The maximum atomic E-state index is 12.0. The number of rotatable bonds is 6. The molecule has 118 valence electrons. The van der Waals surface area contributed by atoms with Gasteiger partial charge in [-0.05, 0) is 12.5 Å². The highest BCUT2D eigenvalue weighted by molar-refractivity contribution is 6.08. The molecule has 0 amide bonds. The molecule has 0 aliphatic heterocycles. The van der Waals surface area contributed by atoms with Gasteiger partial charge in [-0.1, -0.05) is 24.3 Å². The molecule has 0 bridgehead atoms. The summed E-state index contributed by atoms with van der Waals surface area (Å²) >= 11 is 0. The highest BCUT2D eigenvalue weighted by Crippen LogP contribution is 2.18. The summed E-state index contributed by atoms with van der Waals surface area (Å²) in [5.41, 5.74) is 2.18. The number of hydrogen-bond acceptors (Lipinski definition) is 5. The number of aliphatic hydroxyl groups excluding tert-OH is 1. The number of furan rings is 1. The second-order valence-electron chi connectivity index (χ2n) is 4.94. The first-order chi connectivity index (χ1) is 10.9. The summed E-state index contributed by atoms with van der Waals surface area (Å²) in [5.74, 6) is -3.31. The number of Topliss-reactive ketones (excluding diaryl/α,β-unsaturated/α-hetero) is 1. The van der Waals surface area contributed by atoms with Crippen molar-refractivity contribution < 1.29 is 29.0 Å². The van der Waals surface area contributed by atoms with Crippen molar-refractivity contribution in [2.75, 3.05) is 0 Å². The Balaban J connectivity index is 2.21. The molecule has 0 radical (unpaired) electrons. The van der Waals surface area contributed by atoms with Crippen molar-refractivity contribution in [3.05, 3.63) is 70.9 Å². The highest BCUT2D eigenvalue weighted by atomic mass is 16.4. The maximum Gasteiger partial charge on any atom is 0.371 e. The van der Waals surface area contributed by atoms with E-state index in [2.05, 4.69) is 0 Å². The van der Waals surface area contributed by atoms with E-state index in [0.29, 0.717) is 23.6 Å². The van der Waals surface area contributed by atoms with Gasteiger partial charge in [0.15, 0.2) is 11.6 Å². The van der Waals surface area contributed by atoms with Gasteiger partial charge in [0.05, 0.1) is 11.8 Å². The third kappa shape index (κ3) is 3.94. The van der Waals surface area contributed by atoms with Gasteiger partial charge in [-0.25, -0.2) is 4.79 Å². The Morgan fingerprint density at radius 1 is 1.09 bits per heavy atom. The zero-order valence-corrected chi connectivity index (χ0v) is 12.3. The van der Waals surface area contributed by atoms with Gasteiger partial charge >= 0.3 is 5.97 Å². The van der Waals surface area contributed by atoms with Crippen LogP contribution in [-0.2, 0) is 11.2 Å². The minimum atomic E-state index is -1.58. The lowest BCUT2D eigenvalue weighted by Crippen LogP contribution is -2.05. The SMILES string of the molecule is CC(=O)c1ccc(Cc2cocc2C(=O)C=C(O)C(=O)O)cc1. The molecule has 2 aromatic rings. The van der Waals surface area contributed by atoms with Gasteiger partial charge < -0.3 is 14.6 Å². The van der Waals surface area contributed by atoms with Crippen LogP contribution < -0.4 is 0 Å². The highest BCUT2D eigenvalue weighted by Gasteiger charge is 2.15. The van der Waals surface area contributed by atoms with Crippen LogP contribution in [0.3, 0.4) is 0 Å². The fourth-order valence-corrected chi connectivity index (χ4v) is 2.02. The molecule has 0 saturated heterocycles. The summed E-state index contributed by atoms with van der Waals surface area (Å²) < 4.78 is 5.01. The van der Waals surface area contributed by atoms with Crippen LogP contribution in [0.2, 0.25) is 0 Å². The second kappa shape index (κ2) is 6.74. The monoisotopic (exact) mass is 314 g/mol. The predicted octanol–water partition coefficient (Wildman–Crippen LogP) is 2.78. The minimum Gasteiger partial charge on any atom is -0.502 e. The molecular formula is C17H14O6. The molecule has 2 rings (SSSR count). The molecule has 6 heteroatoms. The van der Waals surface area contributed by atoms with Gasteiger partial charge in [-0.15, -0.1) is 0 Å². The van der Waals surface area contributed by atoms with Crippen molar-refractivity contribution in [1.29, 1.82) is 0 Å². The Morgan fingerprint density at radius 3 is 2.30 bits per heavy atom. The summed E-state index contributed by atoms with van der Waals surface area (Å²) in [6, 6.07) is 6.91. The number of aliphatic carboxylic acids is 1. The number of aliphatic hydroxyl groups is 1. The number of carbonyl (C=O) groups is 3. The van der Waals surface area contributed by atoms with Crippen molar-refractivity contribution in [3.8, 4) is 0 Å². The van der Waals surface area contributed by atoms with Crippen LogP contribution in [0, 0.1) is 0 Å². The average Bonchev–Trinajstić information content (AvgIpc) is 2.95. The lowest BCUT2D eigenvalue weighted by atomic mass is 10.00. The third-order valence-corrected chi connectivity index (χ3v) is 3.25. The summed E-state index contributed by atoms with van der Waals surface area (Å²) in [5, 5.41) is 17.7. The van der Waals surface area contributed by atoms with Crippen molar-refractivity contribution in [2.45, 2.75) is 13.3 Å². The molecule has 0 spiro atoms. The fourth-order valence-electron chi connectivity index (χ4n) is 2.02. The van der Waals surface area contributed by atoms with Crippen molar-refractivity contribution in [2.24, 2.45) is 0 Å². The van der Waals surface area contributed by atoms with E-state index in [-0.39, 0.29) is 11.3 Å². The zero-order valence-electron chi connectivity index (χ0n) is 12.3. The second-order valence-corrected chi connectivity index (χ2v) is 4.94. The molecule has 0 saturated carbocycles. The molecule has 1 aromatic heterocycles. The minimum absolute atomic E-state index is 0.0370. The topological polar surface area (TPSA) is 105 Å². The molecule has 0 atom stereocenters. The Morgan fingerprint density at radius 2 is 1.74 bits per heavy atom. The number of carboxylic acid groups (broad SMARTS) is 1. The molecule has 0 aliphatic rings. The van der Waals surface area contributed by atoms with Crippen LogP contribution in [0.5, 0.6) is 0 Å². The van der Waals surface area contributed by atoms with Crippen LogP contribution in [0.25, 0.3) is 0 Å². The van der Waals surface area contributed by atoms with E-state index < -0.39 is 17.5 Å². The van der Waals surface area contributed by atoms with Gasteiger partial charge in [-0.3, -0.25) is 9.59 Å². The Kier molecular flexibility index (Phi) is 4.75. The van der Waals surface area contributed by atoms with Gasteiger partial charge in [0.25, 0.3) is 0 Å². The van der Waals surface area contributed by atoms with E-state index in [9.17, 15) is 14.4 Å². The number of allylic oxidation sites excluding steroid dienone is 1. The number of hydrogen-bond donors (Lipinski definition) is 2. The normalized spacial score (nSPS) is 11.3. The first kappa shape index (κ1) is 16.2. The smallest absolute Gasteiger partial charge is 0.371 e. The van der Waals surface area contributed by atoms with Crippen LogP contribution >= 0.6 is 0 Å². The van der Waals surface area contributed by atoms with Crippen LogP contribution in [0.1, 0.15) is 38.8 Å². The number of carbonyl (C=O) groups excluding carboxylic acids is 2. The molecule has 0 aliphatic carbocycles. The van der Waals surface area contributed by atoms with Crippen LogP contribution in [0.15, 0.2) is 53.0 Å². The molecule has 0 fully saturated rings. The Labute approximate surface area is 131 Å². The molecule has 23 heavy (non-hydrogen) atoms. The van der Waals surface area contributed by atoms with Gasteiger partial charge in [0.2, 0.25) is 5.76 Å². The summed E-state index contributed by atoms with van der Waals surface area (Å²) in [6.07, 6.45) is 3.60. The van der Waals surface area contributed by atoms with E-state index in [0.717, 1.165) is 5.56 Å². The molecule has 0 unspecified atom stereocenters. The lowest BCUT2D eigenvalue weighted by Gasteiger charge is -2.02. The first-order valence-corrected chi connectivity index (χ1v) is 6.71. The number of carboxylic acids is 1. The summed E-state index contributed by atoms with van der Waals surface area (Å²) in [7, 11) is 0.